The number of hydrogen-bond donors (Lipinski definition) is 0. The number of likely N-dealkylation sites (tertiary alicyclic amines) is 1. The van der Waals surface area contributed by atoms with Crippen molar-refractivity contribution in [3.05, 3.63) is 46.4 Å². The van der Waals surface area contributed by atoms with Gasteiger partial charge in [0.25, 0.3) is 0 Å². The normalized spacial score (nSPS) is 19.9. The monoisotopic (exact) mass is 342 g/mol. The van der Waals surface area contributed by atoms with Gasteiger partial charge in [0.05, 0.1) is 11.9 Å². The minimum Gasteiger partial charge on any atom is -0.368 e. The standard InChI is InChI=1S/C19H26N4S/c1-2-9-21(8-1)15-18-5-6-19(24-18)16-22-10-12-23(13-11-22)17-4-3-7-20-14-17/h3-7,14H,1-2,8-13,15-16H2. The number of aromatic nitrogens is 1. The van der Waals surface area contributed by atoms with E-state index in [0.717, 1.165) is 39.3 Å². The first-order chi connectivity index (χ1) is 11.9. The van der Waals surface area contributed by atoms with Crippen LogP contribution in [0.3, 0.4) is 0 Å². The van der Waals surface area contributed by atoms with E-state index in [0.29, 0.717) is 0 Å². The third-order valence-corrected chi connectivity index (χ3v) is 6.11. The largest absolute Gasteiger partial charge is 0.368 e. The van der Waals surface area contributed by atoms with E-state index in [9.17, 15) is 0 Å². The van der Waals surface area contributed by atoms with E-state index >= 15 is 0 Å². The summed E-state index contributed by atoms with van der Waals surface area (Å²) >= 11 is 2.00. The SMILES string of the molecule is c1cncc(N2CCN(Cc3ccc(CN4CCCC4)s3)CC2)c1. The summed E-state index contributed by atoms with van der Waals surface area (Å²) in [5.41, 5.74) is 1.25. The molecule has 0 atom stereocenters. The van der Waals surface area contributed by atoms with Crippen LogP contribution in [0.4, 0.5) is 5.69 Å². The quantitative estimate of drug-likeness (QED) is 0.833. The highest BCUT2D eigenvalue weighted by atomic mass is 32.1. The van der Waals surface area contributed by atoms with E-state index in [2.05, 4.69) is 37.9 Å². The van der Waals surface area contributed by atoms with Gasteiger partial charge in [-0.15, -0.1) is 11.3 Å². The van der Waals surface area contributed by atoms with Crippen molar-refractivity contribution in [1.82, 2.24) is 14.8 Å². The predicted octanol–water partition coefficient (Wildman–Crippen LogP) is 3.06. The molecule has 0 radical (unpaired) electrons. The molecule has 2 aromatic rings. The van der Waals surface area contributed by atoms with E-state index in [4.69, 9.17) is 0 Å². The fourth-order valence-corrected chi connectivity index (χ4v) is 4.78. The Kier molecular flexibility index (Phi) is 5.11. The maximum absolute atomic E-state index is 4.23. The summed E-state index contributed by atoms with van der Waals surface area (Å²) in [5, 5.41) is 0. The number of pyridine rings is 1. The second-order valence-corrected chi connectivity index (χ2v) is 8.08. The van der Waals surface area contributed by atoms with Crippen molar-refractivity contribution >= 4 is 17.0 Å². The van der Waals surface area contributed by atoms with Gasteiger partial charge in [0.1, 0.15) is 0 Å². The summed E-state index contributed by atoms with van der Waals surface area (Å²) in [6.07, 6.45) is 6.56. The van der Waals surface area contributed by atoms with Crippen molar-refractivity contribution in [3.8, 4) is 0 Å². The molecule has 24 heavy (non-hydrogen) atoms. The lowest BCUT2D eigenvalue weighted by Gasteiger charge is -2.35. The maximum atomic E-state index is 4.23. The van der Waals surface area contributed by atoms with Gasteiger partial charge in [-0.2, -0.15) is 0 Å². The van der Waals surface area contributed by atoms with Crippen molar-refractivity contribution in [3.63, 3.8) is 0 Å². The van der Waals surface area contributed by atoms with Crippen LogP contribution < -0.4 is 4.90 Å². The van der Waals surface area contributed by atoms with Gasteiger partial charge in [0.2, 0.25) is 0 Å². The number of hydrogen-bond acceptors (Lipinski definition) is 5. The van der Waals surface area contributed by atoms with Crippen molar-refractivity contribution in [2.24, 2.45) is 0 Å². The van der Waals surface area contributed by atoms with Crippen LogP contribution in [0.2, 0.25) is 0 Å². The van der Waals surface area contributed by atoms with Gasteiger partial charge in [-0.05, 0) is 50.2 Å². The van der Waals surface area contributed by atoms with Gasteiger partial charge in [-0.3, -0.25) is 14.8 Å². The van der Waals surface area contributed by atoms with E-state index in [1.54, 1.807) is 0 Å². The minimum atomic E-state index is 1.09. The number of nitrogens with zero attached hydrogens (tertiary/aromatic N) is 4. The molecule has 2 saturated heterocycles. The molecule has 2 fully saturated rings. The number of rotatable bonds is 5. The molecule has 5 heteroatoms. The molecule has 4 heterocycles. The Morgan fingerprint density at radius 3 is 2.12 bits per heavy atom. The topological polar surface area (TPSA) is 22.6 Å². The highest BCUT2D eigenvalue weighted by Crippen LogP contribution is 2.23. The predicted molar refractivity (Wildman–Crippen MR) is 101 cm³/mol. The molecule has 4 rings (SSSR count). The molecule has 0 aliphatic carbocycles. The van der Waals surface area contributed by atoms with E-state index < -0.39 is 0 Å². The molecular formula is C19H26N4S. The van der Waals surface area contributed by atoms with Crippen molar-refractivity contribution in [2.45, 2.75) is 25.9 Å². The molecule has 0 amide bonds. The van der Waals surface area contributed by atoms with Gasteiger partial charge in [0, 0.05) is 55.2 Å². The lowest BCUT2D eigenvalue weighted by atomic mass is 10.2. The second-order valence-electron chi connectivity index (χ2n) is 6.83. The van der Waals surface area contributed by atoms with Crippen molar-refractivity contribution < 1.29 is 0 Å². The van der Waals surface area contributed by atoms with Crippen LogP contribution in [0.15, 0.2) is 36.7 Å². The summed E-state index contributed by atoms with van der Waals surface area (Å²) in [5.74, 6) is 0. The zero-order valence-corrected chi connectivity index (χ0v) is 15.0. The highest BCUT2D eigenvalue weighted by molar-refractivity contribution is 7.11. The number of thiophene rings is 1. The average Bonchev–Trinajstić information content (AvgIpc) is 3.29. The first kappa shape index (κ1) is 16.1. The third-order valence-electron chi connectivity index (χ3n) is 5.06. The molecule has 0 spiro atoms. The Hall–Kier alpha value is -1.43. The third kappa shape index (κ3) is 3.97. The van der Waals surface area contributed by atoms with E-state index in [1.807, 2.05) is 29.8 Å². The summed E-state index contributed by atoms with van der Waals surface area (Å²) in [4.78, 5) is 14.9. The highest BCUT2D eigenvalue weighted by Gasteiger charge is 2.18. The molecule has 2 aromatic heterocycles. The molecule has 0 N–H and O–H groups in total. The van der Waals surface area contributed by atoms with Crippen molar-refractivity contribution in [2.75, 3.05) is 44.2 Å². The second kappa shape index (κ2) is 7.64. The van der Waals surface area contributed by atoms with Crippen LogP contribution in [-0.4, -0.2) is 54.1 Å². The van der Waals surface area contributed by atoms with Gasteiger partial charge < -0.3 is 4.90 Å². The smallest absolute Gasteiger partial charge is 0.0553 e. The first-order valence-corrected chi connectivity index (χ1v) is 9.86. The van der Waals surface area contributed by atoms with Crippen LogP contribution in [-0.2, 0) is 13.1 Å². The Balaban J connectivity index is 1.27. The number of piperazine rings is 1. The Morgan fingerprint density at radius 1 is 0.833 bits per heavy atom. The Morgan fingerprint density at radius 2 is 1.50 bits per heavy atom. The molecule has 2 aliphatic rings. The molecular weight excluding hydrogens is 316 g/mol. The van der Waals surface area contributed by atoms with Gasteiger partial charge in [0.15, 0.2) is 0 Å². The van der Waals surface area contributed by atoms with E-state index in [-0.39, 0.29) is 0 Å². The summed E-state index contributed by atoms with van der Waals surface area (Å²) in [6.45, 7) is 9.27. The molecule has 0 bridgehead atoms. The maximum Gasteiger partial charge on any atom is 0.0553 e. The lowest BCUT2D eigenvalue weighted by Crippen LogP contribution is -2.45. The van der Waals surface area contributed by atoms with Crippen LogP contribution in [0.1, 0.15) is 22.6 Å². The molecule has 128 valence electrons. The molecule has 0 aromatic carbocycles. The average molecular weight is 343 g/mol. The zero-order chi connectivity index (χ0) is 16.2. The Bertz CT molecular complexity index is 628. The molecule has 2 aliphatic heterocycles. The lowest BCUT2D eigenvalue weighted by molar-refractivity contribution is 0.252. The van der Waals surface area contributed by atoms with Gasteiger partial charge >= 0.3 is 0 Å². The van der Waals surface area contributed by atoms with Crippen LogP contribution in [0.25, 0.3) is 0 Å². The van der Waals surface area contributed by atoms with Crippen LogP contribution >= 0.6 is 11.3 Å². The van der Waals surface area contributed by atoms with Crippen LogP contribution in [0.5, 0.6) is 0 Å². The molecule has 0 unspecified atom stereocenters. The first-order valence-electron chi connectivity index (χ1n) is 9.04. The molecule has 4 nitrogen and oxygen atoms in total. The summed E-state index contributed by atoms with van der Waals surface area (Å²) in [7, 11) is 0. The summed E-state index contributed by atoms with van der Waals surface area (Å²) < 4.78 is 0. The number of anilines is 1. The Labute approximate surface area is 148 Å². The molecule has 0 saturated carbocycles. The van der Waals surface area contributed by atoms with Crippen molar-refractivity contribution in [1.29, 1.82) is 0 Å². The minimum absolute atomic E-state index is 1.09. The van der Waals surface area contributed by atoms with E-state index in [1.165, 1.54) is 41.4 Å². The zero-order valence-electron chi connectivity index (χ0n) is 14.2. The van der Waals surface area contributed by atoms with Gasteiger partial charge in [-0.1, -0.05) is 0 Å². The fourth-order valence-electron chi connectivity index (χ4n) is 3.68. The fraction of sp³-hybridized carbons (Fsp3) is 0.526. The summed E-state index contributed by atoms with van der Waals surface area (Å²) in [6, 6.07) is 8.86. The van der Waals surface area contributed by atoms with Gasteiger partial charge in [-0.25, -0.2) is 0 Å². The van der Waals surface area contributed by atoms with Crippen LogP contribution in [0, 0.1) is 0 Å².